The van der Waals surface area contributed by atoms with Gasteiger partial charge in [0.05, 0.1) is 31.5 Å². The summed E-state index contributed by atoms with van der Waals surface area (Å²) in [5, 5.41) is 5.17. The van der Waals surface area contributed by atoms with Crippen molar-refractivity contribution in [1.82, 2.24) is 0 Å². The van der Waals surface area contributed by atoms with Gasteiger partial charge < -0.3 is 14.8 Å². The van der Waals surface area contributed by atoms with Crippen molar-refractivity contribution >= 4 is 34.2 Å². The minimum atomic E-state index is 0.507. The molecular weight excluding hydrogens is 272 g/mol. The van der Waals surface area contributed by atoms with Crippen LogP contribution in [0, 0.1) is 0 Å². The third-order valence-corrected chi connectivity index (χ3v) is 3.82. The van der Waals surface area contributed by atoms with Crippen LogP contribution in [-0.2, 0) is 0 Å². The Kier molecular flexibility index (Phi) is 4.24. The Morgan fingerprint density at radius 3 is 2.61 bits per heavy atom. The SMILES string of the molecule is COc1cc(OC)c(NC2=NCC(C)S2)cc1Cl. The maximum Gasteiger partial charge on any atom is 0.161 e. The van der Waals surface area contributed by atoms with E-state index in [1.165, 1.54) is 0 Å². The second kappa shape index (κ2) is 5.71. The van der Waals surface area contributed by atoms with Crippen molar-refractivity contribution in [2.75, 3.05) is 26.1 Å². The molecule has 1 unspecified atom stereocenters. The zero-order valence-electron chi connectivity index (χ0n) is 10.5. The van der Waals surface area contributed by atoms with Gasteiger partial charge in [-0.2, -0.15) is 0 Å². The molecule has 1 aromatic carbocycles. The van der Waals surface area contributed by atoms with Crippen LogP contribution in [0.15, 0.2) is 17.1 Å². The summed E-state index contributed by atoms with van der Waals surface area (Å²) in [6.45, 7) is 2.97. The Bertz CT molecular complexity index is 479. The van der Waals surface area contributed by atoms with E-state index in [0.29, 0.717) is 21.8 Å². The minimum Gasteiger partial charge on any atom is -0.495 e. The molecule has 2 rings (SSSR count). The number of methoxy groups -OCH3 is 2. The van der Waals surface area contributed by atoms with Crippen molar-refractivity contribution in [3.05, 3.63) is 17.2 Å². The molecule has 1 atom stereocenters. The molecule has 1 heterocycles. The van der Waals surface area contributed by atoms with E-state index in [2.05, 4.69) is 17.2 Å². The summed E-state index contributed by atoms with van der Waals surface area (Å²) < 4.78 is 10.5. The number of halogens is 1. The predicted octanol–water partition coefficient (Wildman–Crippen LogP) is 3.26. The first-order valence-electron chi connectivity index (χ1n) is 5.53. The van der Waals surface area contributed by atoms with E-state index < -0.39 is 0 Å². The Balaban J connectivity index is 2.24. The lowest BCUT2D eigenvalue weighted by molar-refractivity contribution is 0.396. The normalized spacial score (nSPS) is 18.4. The molecule has 0 aromatic heterocycles. The van der Waals surface area contributed by atoms with Gasteiger partial charge in [0.1, 0.15) is 11.5 Å². The topological polar surface area (TPSA) is 42.9 Å². The number of nitrogens with zero attached hydrogens (tertiary/aromatic N) is 1. The van der Waals surface area contributed by atoms with Gasteiger partial charge >= 0.3 is 0 Å². The van der Waals surface area contributed by atoms with E-state index in [1.807, 2.05) is 0 Å². The first-order chi connectivity index (χ1) is 8.63. The molecule has 0 saturated heterocycles. The van der Waals surface area contributed by atoms with Gasteiger partial charge in [-0.1, -0.05) is 30.3 Å². The molecule has 0 saturated carbocycles. The van der Waals surface area contributed by atoms with Gasteiger partial charge in [0.15, 0.2) is 5.17 Å². The number of rotatable bonds is 3. The lowest BCUT2D eigenvalue weighted by Gasteiger charge is -2.13. The average molecular weight is 287 g/mol. The number of anilines is 1. The van der Waals surface area contributed by atoms with Crippen LogP contribution >= 0.6 is 23.4 Å². The molecule has 18 heavy (non-hydrogen) atoms. The molecule has 0 bridgehead atoms. The van der Waals surface area contributed by atoms with Gasteiger partial charge in [-0.05, 0) is 6.07 Å². The Labute approximate surface area is 116 Å². The molecule has 4 nitrogen and oxygen atoms in total. The highest BCUT2D eigenvalue weighted by Gasteiger charge is 2.17. The highest BCUT2D eigenvalue weighted by Crippen LogP contribution is 2.36. The monoisotopic (exact) mass is 286 g/mol. The van der Waals surface area contributed by atoms with Crippen molar-refractivity contribution in [2.24, 2.45) is 4.99 Å². The molecule has 6 heteroatoms. The second-order valence-corrected chi connectivity index (χ2v) is 5.72. The van der Waals surface area contributed by atoms with Crippen LogP contribution in [0.1, 0.15) is 6.92 Å². The molecule has 0 amide bonds. The first-order valence-corrected chi connectivity index (χ1v) is 6.79. The van der Waals surface area contributed by atoms with Gasteiger partial charge in [-0.25, -0.2) is 0 Å². The van der Waals surface area contributed by atoms with Crippen LogP contribution in [0.2, 0.25) is 5.02 Å². The largest absolute Gasteiger partial charge is 0.495 e. The van der Waals surface area contributed by atoms with Gasteiger partial charge in [0.25, 0.3) is 0 Å². The Morgan fingerprint density at radius 1 is 1.33 bits per heavy atom. The fraction of sp³-hybridized carbons (Fsp3) is 0.417. The van der Waals surface area contributed by atoms with E-state index in [1.54, 1.807) is 38.1 Å². The lowest BCUT2D eigenvalue weighted by Crippen LogP contribution is -2.07. The molecule has 98 valence electrons. The van der Waals surface area contributed by atoms with Gasteiger partial charge in [0.2, 0.25) is 0 Å². The van der Waals surface area contributed by atoms with Crippen LogP contribution in [0.25, 0.3) is 0 Å². The van der Waals surface area contributed by atoms with Gasteiger partial charge in [-0.15, -0.1) is 0 Å². The number of thioether (sulfide) groups is 1. The summed E-state index contributed by atoms with van der Waals surface area (Å²) in [7, 11) is 3.19. The standard InChI is InChI=1S/C12H15ClN2O2S/c1-7-6-14-12(18-7)15-9-4-8(13)10(16-2)5-11(9)17-3/h4-5,7H,6H2,1-3H3,(H,14,15). The summed E-state index contributed by atoms with van der Waals surface area (Å²) in [5.74, 6) is 1.27. The number of benzene rings is 1. The maximum atomic E-state index is 6.11. The number of ether oxygens (including phenoxy) is 2. The van der Waals surface area contributed by atoms with Crippen molar-refractivity contribution in [1.29, 1.82) is 0 Å². The van der Waals surface area contributed by atoms with Crippen LogP contribution in [0.3, 0.4) is 0 Å². The summed E-state index contributed by atoms with van der Waals surface area (Å²) in [6, 6.07) is 3.54. The zero-order valence-corrected chi connectivity index (χ0v) is 12.1. The third kappa shape index (κ3) is 2.84. The molecule has 0 spiro atoms. The summed E-state index contributed by atoms with van der Waals surface area (Å²) >= 11 is 7.81. The van der Waals surface area contributed by atoms with Crippen LogP contribution in [-0.4, -0.2) is 31.2 Å². The number of nitrogens with one attached hydrogen (secondary N) is 1. The van der Waals surface area contributed by atoms with Crippen LogP contribution in [0.5, 0.6) is 11.5 Å². The number of amidine groups is 1. The van der Waals surface area contributed by atoms with Crippen LogP contribution in [0.4, 0.5) is 5.69 Å². The fourth-order valence-electron chi connectivity index (χ4n) is 1.62. The molecule has 1 aliphatic heterocycles. The van der Waals surface area contributed by atoms with E-state index in [0.717, 1.165) is 17.4 Å². The van der Waals surface area contributed by atoms with Crippen molar-refractivity contribution in [3.63, 3.8) is 0 Å². The molecule has 1 N–H and O–H groups in total. The van der Waals surface area contributed by atoms with E-state index in [-0.39, 0.29) is 0 Å². The summed E-state index contributed by atoms with van der Waals surface area (Å²) in [5.41, 5.74) is 0.795. The lowest BCUT2D eigenvalue weighted by atomic mass is 10.2. The van der Waals surface area contributed by atoms with Crippen molar-refractivity contribution < 1.29 is 9.47 Å². The number of hydrogen-bond acceptors (Lipinski definition) is 5. The molecule has 0 fully saturated rings. The smallest absolute Gasteiger partial charge is 0.161 e. The summed E-state index contributed by atoms with van der Waals surface area (Å²) in [4.78, 5) is 4.40. The maximum absolute atomic E-state index is 6.11. The highest BCUT2D eigenvalue weighted by molar-refractivity contribution is 8.15. The highest BCUT2D eigenvalue weighted by atomic mass is 35.5. The molecule has 1 aromatic rings. The fourth-order valence-corrected chi connectivity index (χ4v) is 2.71. The second-order valence-electron chi connectivity index (χ2n) is 3.89. The molecule has 0 aliphatic carbocycles. The molecular formula is C12H15ClN2O2S. The summed E-state index contributed by atoms with van der Waals surface area (Å²) in [6.07, 6.45) is 0. The van der Waals surface area contributed by atoms with E-state index in [4.69, 9.17) is 21.1 Å². The van der Waals surface area contributed by atoms with Crippen molar-refractivity contribution in [2.45, 2.75) is 12.2 Å². The molecule has 0 radical (unpaired) electrons. The quantitative estimate of drug-likeness (QED) is 0.926. The predicted molar refractivity (Wildman–Crippen MR) is 77.5 cm³/mol. The Morgan fingerprint density at radius 2 is 2.06 bits per heavy atom. The van der Waals surface area contributed by atoms with Gasteiger partial charge in [0, 0.05) is 11.3 Å². The number of hydrogen-bond donors (Lipinski definition) is 1. The molecule has 1 aliphatic rings. The average Bonchev–Trinajstić information content (AvgIpc) is 2.75. The first kappa shape index (κ1) is 13.4. The Hall–Kier alpha value is -1.07. The van der Waals surface area contributed by atoms with Crippen molar-refractivity contribution in [3.8, 4) is 11.5 Å². The van der Waals surface area contributed by atoms with E-state index >= 15 is 0 Å². The number of aliphatic imine (C=N–C) groups is 1. The van der Waals surface area contributed by atoms with E-state index in [9.17, 15) is 0 Å². The third-order valence-electron chi connectivity index (χ3n) is 2.52. The van der Waals surface area contributed by atoms with Crippen LogP contribution < -0.4 is 14.8 Å². The van der Waals surface area contributed by atoms with Gasteiger partial charge in [-0.3, -0.25) is 4.99 Å². The zero-order chi connectivity index (χ0) is 13.1. The minimum absolute atomic E-state index is 0.507.